The molecule has 0 aliphatic heterocycles. The number of nitrogens with two attached hydrogens (primary N) is 1. The number of methoxy groups -OCH3 is 1. The van der Waals surface area contributed by atoms with E-state index < -0.39 is 0 Å². The molecule has 0 bridgehead atoms. The van der Waals surface area contributed by atoms with Crippen LogP contribution in [0.4, 0.5) is 5.88 Å². The average molecular weight is 254 g/mol. The van der Waals surface area contributed by atoms with Gasteiger partial charge in [0.2, 0.25) is 5.88 Å². The fraction of sp³-hybridized carbons (Fsp3) is 0.769. The van der Waals surface area contributed by atoms with E-state index in [9.17, 15) is 0 Å². The van der Waals surface area contributed by atoms with Crippen LogP contribution in [0.2, 0.25) is 0 Å². The van der Waals surface area contributed by atoms with E-state index in [2.05, 4.69) is 5.16 Å². The Hall–Kier alpha value is -1.07. The maximum Gasteiger partial charge on any atom is 0.222 e. The molecule has 5 heteroatoms. The molecule has 0 aromatic carbocycles. The molecule has 1 heterocycles. The summed E-state index contributed by atoms with van der Waals surface area (Å²) in [6.07, 6.45) is 5.88. The highest BCUT2D eigenvalue weighted by Gasteiger charge is 2.37. The molecule has 2 rings (SSSR count). The largest absolute Gasteiger partial charge is 0.382 e. The quantitative estimate of drug-likeness (QED) is 0.787. The fourth-order valence-electron chi connectivity index (χ4n) is 2.65. The first kappa shape index (κ1) is 13.4. The fourth-order valence-corrected chi connectivity index (χ4v) is 2.65. The van der Waals surface area contributed by atoms with Crippen LogP contribution >= 0.6 is 0 Å². The molecule has 5 nitrogen and oxygen atoms in total. The Bertz CT molecular complexity index is 359. The maximum absolute atomic E-state index is 5.73. The summed E-state index contributed by atoms with van der Waals surface area (Å²) < 4.78 is 15.7. The molecule has 0 amide bonds. The van der Waals surface area contributed by atoms with Gasteiger partial charge in [-0.15, -0.1) is 0 Å². The van der Waals surface area contributed by atoms with Crippen molar-refractivity contribution in [1.82, 2.24) is 5.16 Å². The zero-order valence-electron chi connectivity index (χ0n) is 11.0. The summed E-state index contributed by atoms with van der Waals surface area (Å²) in [5.41, 5.74) is 6.55. The monoisotopic (exact) mass is 254 g/mol. The lowest BCUT2D eigenvalue weighted by atomic mass is 9.72. The van der Waals surface area contributed by atoms with Crippen LogP contribution in [0, 0.1) is 0 Å². The number of anilines is 1. The van der Waals surface area contributed by atoms with Crippen LogP contribution in [0.1, 0.15) is 37.8 Å². The van der Waals surface area contributed by atoms with Gasteiger partial charge in [-0.1, -0.05) is 24.4 Å². The summed E-state index contributed by atoms with van der Waals surface area (Å²) in [7, 11) is 1.68. The van der Waals surface area contributed by atoms with Gasteiger partial charge in [0, 0.05) is 18.6 Å². The number of nitrogens with zero attached hydrogens (tertiary/aromatic N) is 1. The van der Waals surface area contributed by atoms with E-state index >= 15 is 0 Å². The SMILES string of the molecule is COCCOCC1(c2cc(N)on2)CCCCC1. The van der Waals surface area contributed by atoms with Crippen molar-refractivity contribution in [2.75, 3.05) is 32.7 Å². The van der Waals surface area contributed by atoms with Crippen molar-refractivity contribution < 1.29 is 14.0 Å². The van der Waals surface area contributed by atoms with Crippen LogP contribution in [0.3, 0.4) is 0 Å². The first-order valence-electron chi connectivity index (χ1n) is 6.56. The van der Waals surface area contributed by atoms with Gasteiger partial charge in [-0.3, -0.25) is 0 Å². The molecule has 0 spiro atoms. The highest BCUT2D eigenvalue weighted by molar-refractivity contribution is 5.29. The van der Waals surface area contributed by atoms with Crippen molar-refractivity contribution in [1.29, 1.82) is 0 Å². The van der Waals surface area contributed by atoms with Crippen molar-refractivity contribution in [2.45, 2.75) is 37.5 Å². The van der Waals surface area contributed by atoms with Crippen molar-refractivity contribution >= 4 is 5.88 Å². The van der Waals surface area contributed by atoms with E-state index in [1.54, 1.807) is 7.11 Å². The van der Waals surface area contributed by atoms with E-state index in [0.717, 1.165) is 18.5 Å². The summed E-state index contributed by atoms with van der Waals surface area (Å²) in [5, 5.41) is 4.10. The predicted octanol–water partition coefficient (Wildman–Crippen LogP) is 2.12. The summed E-state index contributed by atoms with van der Waals surface area (Å²) in [5.74, 6) is 0.381. The lowest BCUT2D eigenvalue weighted by Crippen LogP contribution is -2.35. The molecule has 1 aliphatic carbocycles. The topological polar surface area (TPSA) is 70.5 Å². The van der Waals surface area contributed by atoms with Gasteiger partial charge in [0.15, 0.2) is 0 Å². The Morgan fingerprint density at radius 2 is 2.11 bits per heavy atom. The third kappa shape index (κ3) is 3.03. The highest BCUT2D eigenvalue weighted by atomic mass is 16.5. The van der Waals surface area contributed by atoms with Gasteiger partial charge in [0.05, 0.1) is 25.5 Å². The minimum absolute atomic E-state index is 0.0207. The van der Waals surface area contributed by atoms with Crippen molar-refractivity contribution in [3.05, 3.63) is 11.8 Å². The number of ether oxygens (including phenoxy) is 2. The van der Waals surface area contributed by atoms with Gasteiger partial charge in [-0.2, -0.15) is 0 Å². The second-order valence-electron chi connectivity index (χ2n) is 5.00. The number of hydrogen-bond donors (Lipinski definition) is 1. The standard InChI is InChI=1S/C13H22N2O3/c1-16-7-8-17-10-13(5-3-2-4-6-13)11-9-12(14)18-15-11/h9H,2-8,10,14H2,1H3. The third-order valence-electron chi connectivity index (χ3n) is 3.69. The van der Waals surface area contributed by atoms with E-state index in [-0.39, 0.29) is 5.41 Å². The minimum atomic E-state index is -0.0207. The van der Waals surface area contributed by atoms with Gasteiger partial charge in [-0.05, 0) is 12.8 Å². The molecule has 18 heavy (non-hydrogen) atoms. The summed E-state index contributed by atoms with van der Waals surface area (Å²) in [6, 6.07) is 1.84. The Kier molecular flexibility index (Phi) is 4.60. The number of nitrogen functional groups attached to an aromatic ring is 1. The Labute approximate surface area is 108 Å². The van der Waals surface area contributed by atoms with Crippen LogP contribution in [-0.2, 0) is 14.9 Å². The lowest BCUT2D eigenvalue weighted by molar-refractivity contribution is 0.0281. The number of aromatic nitrogens is 1. The van der Waals surface area contributed by atoms with Crippen LogP contribution in [0.5, 0.6) is 0 Å². The van der Waals surface area contributed by atoms with Gasteiger partial charge in [0.25, 0.3) is 0 Å². The smallest absolute Gasteiger partial charge is 0.222 e. The minimum Gasteiger partial charge on any atom is -0.382 e. The molecule has 1 saturated carbocycles. The molecule has 0 radical (unpaired) electrons. The molecule has 0 saturated heterocycles. The zero-order chi connectivity index (χ0) is 12.8. The summed E-state index contributed by atoms with van der Waals surface area (Å²) in [4.78, 5) is 0. The van der Waals surface area contributed by atoms with Gasteiger partial charge in [-0.25, -0.2) is 0 Å². The van der Waals surface area contributed by atoms with Crippen LogP contribution in [0.25, 0.3) is 0 Å². The molecule has 0 atom stereocenters. The van der Waals surface area contributed by atoms with Gasteiger partial charge < -0.3 is 19.7 Å². The highest BCUT2D eigenvalue weighted by Crippen LogP contribution is 2.39. The number of rotatable bonds is 6. The maximum atomic E-state index is 5.73. The van der Waals surface area contributed by atoms with Gasteiger partial charge >= 0.3 is 0 Å². The normalized spacial score (nSPS) is 18.9. The first-order chi connectivity index (χ1) is 8.77. The molecule has 1 aromatic rings. The van der Waals surface area contributed by atoms with Crippen molar-refractivity contribution in [3.8, 4) is 0 Å². The van der Waals surface area contributed by atoms with Crippen molar-refractivity contribution in [3.63, 3.8) is 0 Å². The van der Waals surface area contributed by atoms with E-state index in [1.807, 2.05) is 6.07 Å². The molecule has 1 aromatic heterocycles. The molecule has 2 N–H and O–H groups in total. The zero-order valence-corrected chi connectivity index (χ0v) is 11.0. The lowest BCUT2D eigenvalue weighted by Gasteiger charge is -2.35. The van der Waals surface area contributed by atoms with E-state index in [4.69, 9.17) is 19.7 Å². The average Bonchev–Trinajstić information content (AvgIpc) is 2.83. The number of hydrogen-bond acceptors (Lipinski definition) is 5. The Morgan fingerprint density at radius 1 is 1.33 bits per heavy atom. The molecule has 0 unspecified atom stereocenters. The Balaban J connectivity index is 2.03. The summed E-state index contributed by atoms with van der Waals surface area (Å²) >= 11 is 0. The van der Waals surface area contributed by atoms with E-state index in [0.29, 0.717) is 25.7 Å². The second kappa shape index (κ2) is 6.20. The van der Waals surface area contributed by atoms with Crippen molar-refractivity contribution in [2.24, 2.45) is 0 Å². The second-order valence-corrected chi connectivity index (χ2v) is 5.00. The molecular weight excluding hydrogens is 232 g/mol. The first-order valence-corrected chi connectivity index (χ1v) is 6.56. The third-order valence-corrected chi connectivity index (χ3v) is 3.69. The molecule has 102 valence electrons. The Morgan fingerprint density at radius 3 is 2.72 bits per heavy atom. The van der Waals surface area contributed by atoms with Crippen LogP contribution < -0.4 is 5.73 Å². The predicted molar refractivity (Wildman–Crippen MR) is 68.4 cm³/mol. The van der Waals surface area contributed by atoms with Gasteiger partial charge in [0.1, 0.15) is 0 Å². The van der Waals surface area contributed by atoms with Crippen LogP contribution in [0.15, 0.2) is 10.6 Å². The molecular formula is C13H22N2O3. The molecule has 1 aliphatic rings. The van der Waals surface area contributed by atoms with Crippen LogP contribution in [-0.4, -0.2) is 32.1 Å². The molecule has 1 fully saturated rings. The summed E-state index contributed by atoms with van der Waals surface area (Å²) in [6.45, 7) is 1.91. The van der Waals surface area contributed by atoms with E-state index in [1.165, 1.54) is 19.3 Å².